The quantitative estimate of drug-likeness (QED) is 0.540. The number of nitrogens with one attached hydrogen (secondary N) is 2. The molecule has 0 radical (unpaired) electrons. The highest BCUT2D eigenvalue weighted by Gasteiger charge is 2.06. The first kappa shape index (κ1) is 18.0. The number of hydrogen-bond donors (Lipinski definition) is 2. The summed E-state index contributed by atoms with van der Waals surface area (Å²) >= 11 is 23.4. The van der Waals surface area contributed by atoms with Crippen LogP contribution in [0.5, 0.6) is 0 Å². The standard InChI is InChI=1S/C17H13Cl3N4S/c18-12-3-1-2-11(6-12)9-24-10-14(8-21-24)22-17(25)23-16-7-13(19)4-5-15(16)20/h1-8,10H,9H2,(H2,22,23,25). The zero-order valence-electron chi connectivity index (χ0n) is 12.8. The molecular formula is C17H13Cl3N4S. The first-order valence-corrected chi connectivity index (χ1v) is 8.84. The molecule has 4 nitrogen and oxygen atoms in total. The molecule has 0 atom stereocenters. The lowest BCUT2D eigenvalue weighted by molar-refractivity contribution is 0.687. The molecule has 128 valence electrons. The SMILES string of the molecule is S=C(Nc1cnn(Cc2cccc(Cl)c2)c1)Nc1cc(Cl)ccc1Cl. The monoisotopic (exact) mass is 410 g/mol. The van der Waals surface area contributed by atoms with Gasteiger partial charge in [0.1, 0.15) is 0 Å². The van der Waals surface area contributed by atoms with E-state index in [0.29, 0.717) is 32.4 Å². The number of rotatable bonds is 4. The molecule has 2 N–H and O–H groups in total. The Kier molecular flexibility index (Phi) is 5.81. The Labute approximate surface area is 165 Å². The lowest BCUT2D eigenvalue weighted by Gasteiger charge is -2.10. The van der Waals surface area contributed by atoms with E-state index < -0.39 is 0 Å². The van der Waals surface area contributed by atoms with E-state index in [0.717, 1.165) is 11.3 Å². The topological polar surface area (TPSA) is 41.9 Å². The van der Waals surface area contributed by atoms with E-state index in [9.17, 15) is 0 Å². The number of aromatic nitrogens is 2. The Bertz CT molecular complexity index is 910. The van der Waals surface area contributed by atoms with Gasteiger partial charge in [-0.25, -0.2) is 0 Å². The molecule has 0 unspecified atom stereocenters. The third-order valence-corrected chi connectivity index (χ3v) is 4.31. The summed E-state index contributed by atoms with van der Waals surface area (Å²) in [5, 5.41) is 12.6. The van der Waals surface area contributed by atoms with Gasteiger partial charge in [0, 0.05) is 16.2 Å². The van der Waals surface area contributed by atoms with Crippen molar-refractivity contribution in [2.75, 3.05) is 10.6 Å². The van der Waals surface area contributed by atoms with Gasteiger partial charge in [-0.3, -0.25) is 4.68 Å². The summed E-state index contributed by atoms with van der Waals surface area (Å²) < 4.78 is 1.79. The van der Waals surface area contributed by atoms with Gasteiger partial charge in [-0.1, -0.05) is 46.9 Å². The number of halogens is 3. The van der Waals surface area contributed by atoms with Gasteiger partial charge in [0.2, 0.25) is 0 Å². The average Bonchev–Trinajstić information content (AvgIpc) is 2.97. The highest BCUT2D eigenvalue weighted by molar-refractivity contribution is 7.80. The molecule has 0 saturated carbocycles. The normalized spacial score (nSPS) is 10.5. The van der Waals surface area contributed by atoms with Crippen molar-refractivity contribution in [3.8, 4) is 0 Å². The fraction of sp³-hybridized carbons (Fsp3) is 0.0588. The van der Waals surface area contributed by atoms with Crippen LogP contribution < -0.4 is 10.6 Å². The molecule has 0 saturated heterocycles. The molecule has 3 rings (SSSR count). The Morgan fingerprint density at radius 1 is 1.04 bits per heavy atom. The first-order chi connectivity index (χ1) is 12.0. The molecule has 8 heteroatoms. The van der Waals surface area contributed by atoms with Crippen molar-refractivity contribution < 1.29 is 0 Å². The summed E-state index contributed by atoms with van der Waals surface area (Å²) in [4.78, 5) is 0. The molecule has 0 bridgehead atoms. The number of hydrogen-bond acceptors (Lipinski definition) is 2. The molecule has 0 amide bonds. The van der Waals surface area contributed by atoms with Crippen LogP contribution in [0.25, 0.3) is 0 Å². The highest BCUT2D eigenvalue weighted by Crippen LogP contribution is 2.25. The van der Waals surface area contributed by atoms with Gasteiger partial charge in [-0.15, -0.1) is 0 Å². The fourth-order valence-corrected chi connectivity index (χ4v) is 2.99. The van der Waals surface area contributed by atoms with E-state index in [-0.39, 0.29) is 0 Å². The lowest BCUT2D eigenvalue weighted by Crippen LogP contribution is -2.19. The maximum Gasteiger partial charge on any atom is 0.175 e. The number of anilines is 2. The second kappa shape index (κ2) is 8.06. The van der Waals surface area contributed by atoms with Gasteiger partial charge >= 0.3 is 0 Å². The summed E-state index contributed by atoms with van der Waals surface area (Å²) in [5.41, 5.74) is 2.46. The zero-order valence-corrected chi connectivity index (χ0v) is 15.9. The third kappa shape index (κ3) is 5.09. The predicted octanol–water partition coefficient (Wildman–Crippen LogP) is 5.70. The van der Waals surface area contributed by atoms with Crippen LogP contribution in [0.15, 0.2) is 54.9 Å². The molecule has 1 heterocycles. The first-order valence-electron chi connectivity index (χ1n) is 7.29. The van der Waals surface area contributed by atoms with Crippen molar-refractivity contribution in [1.29, 1.82) is 0 Å². The van der Waals surface area contributed by atoms with Crippen molar-refractivity contribution in [3.05, 3.63) is 75.5 Å². The van der Waals surface area contributed by atoms with Crippen LogP contribution in [0.2, 0.25) is 15.1 Å². The van der Waals surface area contributed by atoms with Crippen LogP contribution in [-0.4, -0.2) is 14.9 Å². The predicted molar refractivity (Wildman–Crippen MR) is 109 cm³/mol. The smallest absolute Gasteiger partial charge is 0.175 e. The minimum Gasteiger partial charge on any atom is -0.331 e. The molecule has 1 aromatic heterocycles. The Morgan fingerprint density at radius 3 is 2.64 bits per heavy atom. The number of nitrogens with zero attached hydrogens (tertiary/aromatic N) is 2. The average molecular weight is 412 g/mol. The molecule has 25 heavy (non-hydrogen) atoms. The van der Waals surface area contributed by atoms with Crippen molar-refractivity contribution in [2.24, 2.45) is 0 Å². The summed E-state index contributed by atoms with van der Waals surface area (Å²) in [5.74, 6) is 0. The molecule has 0 fully saturated rings. The molecule has 3 aromatic rings. The number of benzene rings is 2. The summed E-state index contributed by atoms with van der Waals surface area (Å²) in [6.45, 7) is 0.614. The van der Waals surface area contributed by atoms with Gasteiger partial charge in [-0.2, -0.15) is 5.10 Å². The van der Waals surface area contributed by atoms with Gasteiger partial charge in [0.15, 0.2) is 5.11 Å². The van der Waals surface area contributed by atoms with Gasteiger partial charge < -0.3 is 10.6 Å². The second-order valence-corrected chi connectivity index (χ2v) is 6.95. The van der Waals surface area contributed by atoms with E-state index in [1.165, 1.54) is 0 Å². The van der Waals surface area contributed by atoms with Crippen LogP contribution in [0.3, 0.4) is 0 Å². The number of thiocarbonyl (C=S) groups is 1. The maximum absolute atomic E-state index is 6.11. The van der Waals surface area contributed by atoms with Crippen molar-refractivity contribution >= 4 is 63.5 Å². The minimum absolute atomic E-state index is 0.395. The van der Waals surface area contributed by atoms with Crippen LogP contribution in [0, 0.1) is 0 Å². The van der Waals surface area contributed by atoms with E-state index in [1.54, 1.807) is 29.1 Å². The van der Waals surface area contributed by atoms with Crippen LogP contribution in [-0.2, 0) is 6.54 Å². The molecule has 0 aliphatic rings. The van der Waals surface area contributed by atoms with Crippen molar-refractivity contribution in [1.82, 2.24) is 9.78 Å². The summed E-state index contributed by atoms with van der Waals surface area (Å²) in [6.07, 6.45) is 3.55. The Morgan fingerprint density at radius 2 is 1.84 bits per heavy atom. The Balaban J connectivity index is 1.62. The molecular weight excluding hydrogens is 399 g/mol. The Hall–Kier alpha value is -1.79. The second-order valence-electron chi connectivity index (χ2n) is 5.26. The molecule has 0 aliphatic heterocycles. The van der Waals surface area contributed by atoms with E-state index >= 15 is 0 Å². The van der Waals surface area contributed by atoms with Crippen LogP contribution in [0.4, 0.5) is 11.4 Å². The molecule has 2 aromatic carbocycles. The van der Waals surface area contributed by atoms with Gasteiger partial charge in [0.25, 0.3) is 0 Å². The summed E-state index contributed by atoms with van der Waals surface area (Å²) in [7, 11) is 0. The van der Waals surface area contributed by atoms with E-state index in [1.807, 2.05) is 30.5 Å². The molecule has 0 aliphatic carbocycles. The largest absolute Gasteiger partial charge is 0.331 e. The van der Waals surface area contributed by atoms with Crippen LogP contribution >= 0.6 is 47.0 Å². The van der Waals surface area contributed by atoms with E-state index in [2.05, 4.69) is 15.7 Å². The van der Waals surface area contributed by atoms with Crippen LogP contribution in [0.1, 0.15) is 5.56 Å². The van der Waals surface area contributed by atoms with Gasteiger partial charge in [0.05, 0.1) is 29.1 Å². The lowest BCUT2D eigenvalue weighted by atomic mass is 10.2. The minimum atomic E-state index is 0.395. The van der Waals surface area contributed by atoms with E-state index in [4.69, 9.17) is 47.0 Å². The third-order valence-electron chi connectivity index (χ3n) is 3.30. The summed E-state index contributed by atoms with van der Waals surface area (Å²) in [6, 6.07) is 12.8. The maximum atomic E-state index is 6.11. The zero-order chi connectivity index (χ0) is 17.8. The van der Waals surface area contributed by atoms with Crippen molar-refractivity contribution in [3.63, 3.8) is 0 Å². The van der Waals surface area contributed by atoms with Crippen molar-refractivity contribution in [2.45, 2.75) is 6.54 Å². The fourth-order valence-electron chi connectivity index (χ4n) is 2.21. The highest BCUT2D eigenvalue weighted by atomic mass is 35.5. The van der Waals surface area contributed by atoms with Gasteiger partial charge in [-0.05, 0) is 48.1 Å². The molecule has 0 spiro atoms.